The standard InChI is InChI=1S/C21H26N2O3/c1-25-18-9-5-16(6-10-18)7-12-21(24)22-19-15-17(8-11-20(19)26-2)23-13-3-4-14-23/h5-6,8-11,15H,3-4,7,12-14H2,1-2H3,(H,22,24). The molecule has 1 fully saturated rings. The highest BCUT2D eigenvalue weighted by Gasteiger charge is 2.15. The van der Waals surface area contributed by atoms with E-state index in [1.54, 1.807) is 14.2 Å². The van der Waals surface area contributed by atoms with Gasteiger partial charge in [-0.1, -0.05) is 12.1 Å². The van der Waals surface area contributed by atoms with E-state index in [4.69, 9.17) is 9.47 Å². The number of nitrogens with zero attached hydrogens (tertiary/aromatic N) is 1. The topological polar surface area (TPSA) is 50.8 Å². The number of nitrogens with one attached hydrogen (secondary N) is 1. The van der Waals surface area contributed by atoms with E-state index in [0.717, 1.165) is 35.8 Å². The SMILES string of the molecule is COc1ccc(CCC(=O)Nc2cc(N3CCCC3)ccc2OC)cc1. The number of anilines is 2. The Balaban J connectivity index is 1.62. The fourth-order valence-corrected chi connectivity index (χ4v) is 3.23. The summed E-state index contributed by atoms with van der Waals surface area (Å²) in [5.74, 6) is 1.49. The minimum atomic E-state index is -0.0160. The van der Waals surface area contributed by atoms with Gasteiger partial charge in [-0.15, -0.1) is 0 Å². The monoisotopic (exact) mass is 354 g/mol. The Hall–Kier alpha value is -2.69. The van der Waals surface area contributed by atoms with E-state index in [-0.39, 0.29) is 5.91 Å². The first-order valence-electron chi connectivity index (χ1n) is 9.05. The zero-order valence-corrected chi connectivity index (χ0v) is 15.5. The van der Waals surface area contributed by atoms with Crippen LogP contribution in [-0.4, -0.2) is 33.2 Å². The minimum Gasteiger partial charge on any atom is -0.497 e. The third kappa shape index (κ3) is 4.48. The van der Waals surface area contributed by atoms with Gasteiger partial charge in [0, 0.05) is 25.2 Å². The van der Waals surface area contributed by atoms with Gasteiger partial charge < -0.3 is 19.7 Å². The third-order valence-electron chi connectivity index (χ3n) is 4.73. The van der Waals surface area contributed by atoms with E-state index in [1.807, 2.05) is 36.4 Å². The number of hydrogen-bond acceptors (Lipinski definition) is 4. The maximum absolute atomic E-state index is 12.4. The van der Waals surface area contributed by atoms with Gasteiger partial charge in [-0.2, -0.15) is 0 Å². The van der Waals surface area contributed by atoms with Crippen LogP contribution in [-0.2, 0) is 11.2 Å². The van der Waals surface area contributed by atoms with Crippen LogP contribution in [0.3, 0.4) is 0 Å². The van der Waals surface area contributed by atoms with Crippen LogP contribution in [0.15, 0.2) is 42.5 Å². The zero-order valence-electron chi connectivity index (χ0n) is 15.5. The second kappa shape index (κ2) is 8.61. The maximum atomic E-state index is 12.4. The van der Waals surface area contributed by atoms with Crippen LogP contribution in [0.2, 0.25) is 0 Å². The molecule has 1 amide bonds. The first kappa shape index (κ1) is 18.1. The summed E-state index contributed by atoms with van der Waals surface area (Å²) in [6.07, 6.45) is 3.54. The lowest BCUT2D eigenvalue weighted by Crippen LogP contribution is -2.18. The molecule has 1 saturated heterocycles. The lowest BCUT2D eigenvalue weighted by Gasteiger charge is -2.20. The highest BCUT2D eigenvalue weighted by molar-refractivity contribution is 5.93. The van der Waals surface area contributed by atoms with Crippen molar-refractivity contribution in [3.63, 3.8) is 0 Å². The van der Waals surface area contributed by atoms with E-state index >= 15 is 0 Å². The van der Waals surface area contributed by atoms with E-state index in [9.17, 15) is 4.79 Å². The third-order valence-corrected chi connectivity index (χ3v) is 4.73. The summed E-state index contributed by atoms with van der Waals surface area (Å²) < 4.78 is 10.6. The second-order valence-electron chi connectivity index (χ2n) is 6.47. The zero-order chi connectivity index (χ0) is 18.4. The van der Waals surface area contributed by atoms with Gasteiger partial charge in [-0.25, -0.2) is 0 Å². The molecule has 2 aromatic rings. The Morgan fingerprint density at radius 1 is 1.04 bits per heavy atom. The summed E-state index contributed by atoms with van der Waals surface area (Å²) in [6.45, 7) is 2.13. The first-order chi connectivity index (χ1) is 12.7. The Kier molecular flexibility index (Phi) is 6.00. The van der Waals surface area contributed by atoms with E-state index in [1.165, 1.54) is 12.8 Å². The van der Waals surface area contributed by atoms with Crippen molar-refractivity contribution in [1.29, 1.82) is 0 Å². The molecule has 0 aromatic heterocycles. The number of carbonyl (C=O) groups is 1. The minimum absolute atomic E-state index is 0.0160. The predicted molar refractivity (Wildman–Crippen MR) is 104 cm³/mol. The Bertz CT molecular complexity index is 737. The molecular formula is C21H26N2O3. The number of aryl methyl sites for hydroxylation is 1. The van der Waals surface area contributed by atoms with Gasteiger partial charge in [0.2, 0.25) is 5.91 Å². The summed E-state index contributed by atoms with van der Waals surface area (Å²) >= 11 is 0. The normalized spacial score (nSPS) is 13.5. The Morgan fingerprint density at radius 3 is 2.42 bits per heavy atom. The predicted octanol–water partition coefficient (Wildman–Crippen LogP) is 3.88. The van der Waals surface area contributed by atoms with E-state index in [0.29, 0.717) is 18.6 Å². The summed E-state index contributed by atoms with van der Waals surface area (Å²) in [6, 6.07) is 13.8. The summed E-state index contributed by atoms with van der Waals surface area (Å²) in [5.41, 5.74) is 2.98. The van der Waals surface area contributed by atoms with Gasteiger partial charge in [0.15, 0.2) is 0 Å². The smallest absolute Gasteiger partial charge is 0.224 e. The average molecular weight is 354 g/mol. The molecule has 1 aliphatic rings. The number of rotatable bonds is 7. The van der Waals surface area contributed by atoms with Gasteiger partial charge in [0.05, 0.1) is 19.9 Å². The molecule has 2 aromatic carbocycles. The largest absolute Gasteiger partial charge is 0.497 e. The summed E-state index contributed by atoms with van der Waals surface area (Å²) in [5, 5.41) is 3.00. The molecule has 138 valence electrons. The molecule has 0 radical (unpaired) electrons. The van der Waals surface area contributed by atoms with Crippen LogP contribution >= 0.6 is 0 Å². The quantitative estimate of drug-likeness (QED) is 0.820. The summed E-state index contributed by atoms with van der Waals surface area (Å²) in [4.78, 5) is 14.7. The fourth-order valence-electron chi connectivity index (χ4n) is 3.23. The van der Waals surface area contributed by atoms with Crippen molar-refractivity contribution >= 4 is 17.3 Å². The molecule has 1 heterocycles. The fraction of sp³-hybridized carbons (Fsp3) is 0.381. The maximum Gasteiger partial charge on any atom is 0.224 e. The van der Waals surface area contributed by atoms with Crippen molar-refractivity contribution < 1.29 is 14.3 Å². The van der Waals surface area contributed by atoms with Gasteiger partial charge in [-0.05, 0) is 55.2 Å². The number of benzene rings is 2. The van der Waals surface area contributed by atoms with Crippen LogP contribution in [0.1, 0.15) is 24.8 Å². The van der Waals surface area contributed by atoms with Crippen molar-refractivity contribution in [3.8, 4) is 11.5 Å². The highest BCUT2D eigenvalue weighted by Crippen LogP contribution is 2.31. The molecule has 0 atom stereocenters. The number of amides is 1. The van der Waals surface area contributed by atoms with E-state index in [2.05, 4.69) is 16.3 Å². The van der Waals surface area contributed by atoms with Gasteiger partial charge in [0.25, 0.3) is 0 Å². The van der Waals surface area contributed by atoms with Crippen molar-refractivity contribution in [1.82, 2.24) is 0 Å². The molecule has 26 heavy (non-hydrogen) atoms. The molecule has 0 unspecified atom stereocenters. The molecule has 5 nitrogen and oxygen atoms in total. The van der Waals surface area contributed by atoms with Crippen molar-refractivity contribution in [2.45, 2.75) is 25.7 Å². The molecule has 1 aliphatic heterocycles. The Labute approximate surface area is 154 Å². The molecule has 0 spiro atoms. The Morgan fingerprint density at radius 2 is 1.77 bits per heavy atom. The lowest BCUT2D eigenvalue weighted by molar-refractivity contribution is -0.116. The molecule has 3 rings (SSSR count). The highest BCUT2D eigenvalue weighted by atomic mass is 16.5. The van der Waals surface area contributed by atoms with Crippen molar-refractivity contribution in [2.75, 3.05) is 37.5 Å². The van der Waals surface area contributed by atoms with Crippen LogP contribution in [0.4, 0.5) is 11.4 Å². The van der Waals surface area contributed by atoms with Gasteiger partial charge in [-0.3, -0.25) is 4.79 Å². The van der Waals surface area contributed by atoms with E-state index < -0.39 is 0 Å². The van der Waals surface area contributed by atoms with Crippen LogP contribution in [0, 0.1) is 0 Å². The van der Waals surface area contributed by atoms with Crippen molar-refractivity contribution in [3.05, 3.63) is 48.0 Å². The lowest BCUT2D eigenvalue weighted by atomic mass is 10.1. The molecule has 1 N–H and O–H groups in total. The van der Waals surface area contributed by atoms with Gasteiger partial charge in [0.1, 0.15) is 11.5 Å². The number of hydrogen-bond donors (Lipinski definition) is 1. The molecular weight excluding hydrogens is 328 g/mol. The molecule has 0 bridgehead atoms. The van der Waals surface area contributed by atoms with Crippen LogP contribution in [0.5, 0.6) is 11.5 Å². The number of carbonyl (C=O) groups excluding carboxylic acids is 1. The molecule has 0 saturated carbocycles. The summed E-state index contributed by atoms with van der Waals surface area (Å²) in [7, 11) is 3.27. The molecule has 0 aliphatic carbocycles. The van der Waals surface area contributed by atoms with Crippen LogP contribution in [0.25, 0.3) is 0 Å². The second-order valence-corrected chi connectivity index (χ2v) is 6.47. The number of ether oxygens (including phenoxy) is 2. The van der Waals surface area contributed by atoms with Gasteiger partial charge >= 0.3 is 0 Å². The molecule has 5 heteroatoms. The van der Waals surface area contributed by atoms with Crippen molar-refractivity contribution in [2.24, 2.45) is 0 Å². The van der Waals surface area contributed by atoms with Crippen LogP contribution < -0.4 is 19.7 Å². The average Bonchev–Trinajstić information content (AvgIpc) is 3.21. The first-order valence-corrected chi connectivity index (χ1v) is 9.05. The number of methoxy groups -OCH3 is 2.